The Hall–Kier alpha value is -0.0900. The molecule has 0 saturated heterocycles. The molecule has 0 aliphatic rings. The highest BCUT2D eigenvalue weighted by Crippen LogP contribution is 2.07. The van der Waals surface area contributed by atoms with Crippen molar-refractivity contribution in [2.75, 3.05) is 20.3 Å². The van der Waals surface area contributed by atoms with Crippen molar-refractivity contribution in [2.24, 2.45) is 0 Å². The Morgan fingerprint density at radius 3 is 3.15 bits per heavy atom. The first-order valence-electron chi connectivity index (χ1n) is 4.19. The third kappa shape index (κ3) is 4.62. The Morgan fingerprint density at radius 1 is 1.69 bits per heavy atom. The fourth-order valence-electron chi connectivity index (χ4n) is 1.00. The SMILES string of the molecule is COCC(Cl)CNCc1cccs1. The van der Waals surface area contributed by atoms with Crippen LogP contribution in [0.2, 0.25) is 0 Å². The van der Waals surface area contributed by atoms with Crippen LogP contribution in [0.5, 0.6) is 0 Å². The van der Waals surface area contributed by atoms with Gasteiger partial charge in [0, 0.05) is 25.1 Å². The number of ether oxygens (including phenoxy) is 1. The van der Waals surface area contributed by atoms with Gasteiger partial charge in [0.25, 0.3) is 0 Å². The minimum atomic E-state index is 0.0602. The average molecular weight is 220 g/mol. The quantitative estimate of drug-likeness (QED) is 0.740. The standard InChI is InChI=1S/C9H14ClNOS/c1-12-7-8(10)5-11-6-9-3-2-4-13-9/h2-4,8,11H,5-7H2,1H3. The van der Waals surface area contributed by atoms with E-state index < -0.39 is 0 Å². The van der Waals surface area contributed by atoms with Crippen molar-refractivity contribution in [3.63, 3.8) is 0 Å². The normalized spacial score (nSPS) is 13.1. The summed E-state index contributed by atoms with van der Waals surface area (Å²) in [5.74, 6) is 0. The van der Waals surface area contributed by atoms with Gasteiger partial charge in [-0.2, -0.15) is 0 Å². The smallest absolute Gasteiger partial charge is 0.0694 e. The van der Waals surface area contributed by atoms with Crippen molar-refractivity contribution in [1.29, 1.82) is 0 Å². The molecule has 0 saturated carbocycles. The van der Waals surface area contributed by atoms with Crippen LogP contribution < -0.4 is 5.32 Å². The van der Waals surface area contributed by atoms with Gasteiger partial charge in [-0.15, -0.1) is 22.9 Å². The van der Waals surface area contributed by atoms with Crippen LogP contribution in [-0.4, -0.2) is 25.6 Å². The molecule has 0 aliphatic carbocycles. The maximum atomic E-state index is 5.94. The molecular formula is C9H14ClNOS. The van der Waals surface area contributed by atoms with E-state index in [4.69, 9.17) is 16.3 Å². The molecule has 0 fully saturated rings. The van der Waals surface area contributed by atoms with Gasteiger partial charge in [-0.1, -0.05) is 6.07 Å². The van der Waals surface area contributed by atoms with Crippen LogP contribution in [0, 0.1) is 0 Å². The number of thiophene rings is 1. The molecule has 0 amide bonds. The molecular weight excluding hydrogens is 206 g/mol. The lowest BCUT2D eigenvalue weighted by molar-refractivity contribution is 0.197. The molecule has 2 nitrogen and oxygen atoms in total. The molecule has 13 heavy (non-hydrogen) atoms. The molecule has 0 radical (unpaired) electrons. The molecule has 1 rings (SSSR count). The number of rotatable bonds is 6. The highest BCUT2D eigenvalue weighted by atomic mass is 35.5. The van der Waals surface area contributed by atoms with E-state index in [1.165, 1.54) is 4.88 Å². The fourth-order valence-corrected chi connectivity index (χ4v) is 1.91. The molecule has 0 spiro atoms. The summed E-state index contributed by atoms with van der Waals surface area (Å²) in [4.78, 5) is 1.33. The van der Waals surface area contributed by atoms with Crippen molar-refractivity contribution in [1.82, 2.24) is 5.32 Å². The summed E-state index contributed by atoms with van der Waals surface area (Å²) >= 11 is 7.69. The average Bonchev–Trinajstić information content (AvgIpc) is 2.57. The molecule has 1 N–H and O–H groups in total. The second-order valence-corrected chi connectivity index (χ2v) is 4.41. The Bertz CT molecular complexity index is 215. The van der Waals surface area contributed by atoms with Crippen LogP contribution in [0.1, 0.15) is 4.88 Å². The topological polar surface area (TPSA) is 21.3 Å². The number of alkyl halides is 1. The number of hydrogen-bond acceptors (Lipinski definition) is 3. The zero-order valence-electron chi connectivity index (χ0n) is 7.63. The summed E-state index contributed by atoms with van der Waals surface area (Å²) in [7, 11) is 1.66. The molecule has 0 aromatic carbocycles. The molecule has 1 unspecified atom stereocenters. The number of halogens is 1. The molecule has 1 aromatic heterocycles. The molecule has 1 aromatic rings. The lowest BCUT2D eigenvalue weighted by atomic mass is 10.4. The maximum Gasteiger partial charge on any atom is 0.0694 e. The Kier molecular flexibility index (Phi) is 5.39. The second-order valence-electron chi connectivity index (χ2n) is 2.76. The van der Waals surface area contributed by atoms with Crippen molar-refractivity contribution in [3.8, 4) is 0 Å². The third-order valence-corrected chi connectivity index (χ3v) is 2.75. The van der Waals surface area contributed by atoms with Gasteiger partial charge in [0.05, 0.1) is 12.0 Å². The van der Waals surface area contributed by atoms with Crippen LogP contribution in [0.3, 0.4) is 0 Å². The summed E-state index contributed by atoms with van der Waals surface area (Å²) in [6.07, 6.45) is 0. The minimum absolute atomic E-state index is 0.0602. The minimum Gasteiger partial charge on any atom is -0.383 e. The van der Waals surface area contributed by atoms with E-state index in [1.54, 1.807) is 18.4 Å². The number of methoxy groups -OCH3 is 1. The summed E-state index contributed by atoms with van der Waals surface area (Å²) in [5, 5.41) is 5.40. The summed E-state index contributed by atoms with van der Waals surface area (Å²) < 4.78 is 4.92. The predicted molar refractivity (Wildman–Crippen MR) is 57.5 cm³/mol. The van der Waals surface area contributed by atoms with Crippen molar-refractivity contribution < 1.29 is 4.74 Å². The fraction of sp³-hybridized carbons (Fsp3) is 0.556. The Labute approximate surface area is 87.9 Å². The predicted octanol–water partition coefficient (Wildman–Crippen LogP) is 2.09. The largest absolute Gasteiger partial charge is 0.383 e. The summed E-state index contributed by atoms with van der Waals surface area (Å²) in [6.45, 7) is 2.27. The summed E-state index contributed by atoms with van der Waals surface area (Å²) in [5.41, 5.74) is 0. The lowest BCUT2D eigenvalue weighted by Crippen LogP contribution is -2.25. The highest BCUT2D eigenvalue weighted by molar-refractivity contribution is 7.09. The second kappa shape index (κ2) is 6.38. The molecule has 0 bridgehead atoms. The van der Waals surface area contributed by atoms with E-state index in [0.717, 1.165) is 13.1 Å². The molecule has 1 heterocycles. The van der Waals surface area contributed by atoms with Gasteiger partial charge in [0.2, 0.25) is 0 Å². The van der Waals surface area contributed by atoms with E-state index in [0.29, 0.717) is 6.61 Å². The van der Waals surface area contributed by atoms with E-state index in [-0.39, 0.29) is 5.38 Å². The van der Waals surface area contributed by atoms with Crippen LogP contribution in [0.25, 0.3) is 0 Å². The molecule has 4 heteroatoms. The van der Waals surface area contributed by atoms with E-state index in [9.17, 15) is 0 Å². The van der Waals surface area contributed by atoms with Gasteiger partial charge in [-0.3, -0.25) is 0 Å². The first-order chi connectivity index (χ1) is 6.33. The zero-order chi connectivity index (χ0) is 9.52. The number of hydrogen-bond donors (Lipinski definition) is 1. The van der Waals surface area contributed by atoms with Gasteiger partial charge in [0.15, 0.2) is 0 Å². The van der Waals surface area contributed by atoms with Crippen LogP contribution in [0.15, 0.2) is 17.5 Å². The monoisotopic (exact) mass is 219 g/mol. The molecule has 0 aliphatic heterocycles. The van der Waals surface area contributed by atoms with E-state index in [1.807, 2.05) is 0 Å². The van der Waals surface area contributed by atoms with Gasteiger partial charge < -0.3 is 10.1 Å². The van der Waals surface area contributed by atoms with Crippen LogP contribution >= 0.6 is 22.9 Å². The molecule has 1 atom stereocenters. The van der Waals surface area contributed by atoms with Crippen molar-refractivity contribution in [3.05, 3.63) is 22.4 Å². The molecule has 74 valence electrons. The van der Waals surface area contributed by atoms with Gasteiger partial charge in [0.1, 0.15) is 0 Å². The summed E-state index contributed by atoms with van der Waals surface area (Å²) in [6, 6.07) is 4.16. The number of nitrogens with one attached hydrogen (secondary N) is 1. The van der Waals surface area contributed by atoms with Crippen molar-refractivity contribution >= 4 is 22.9 Å². The van der Waals surface area contributed by atoms with Gasteiger partial charge >= 0.3 is 0 Å². The van der Waals surface area contributed by atoms with Crippen molar-refractivity contribution in [2.45, 2.75) is 11.9 Å². The third-order valence-electron chi connectivity index (χ3n) is 1.59. The lowest BCUT2D eigenvalue weighted by Gasteiger charge is -2.08. The van der Waals surface area contributed by atoms with Crippen LogP contribution in [-0.2, 0) is 11.3 Å². The Balaban J connectivity index is 2.07. The van der Waals surface area contributed by atoms with Crippen LogP contribution in [0.4, 0.5) is 0 Å². The highest BCUT2D eigenvalue weighted by Gasteiger charge is 2.02. The van der Waals surface area contributed by atoms with Gasteiger partial charge in [-0.25, -0.2) is 0 Å². The van der Waals surface area contributed by atoms with E-state index in [2.05, 4.69) is 22.8 Å². The maximum absolute atomic E-state index is 5.94. The Morgan fingerprint density at radius 2 is 2.54 bits per heavy atom. The van der Waals surface area contributed by atoms with Gasteiger partial charge in [-0.05, 0) is 11.4 Å². The zero-order valence-corrected chi connectivity index (χ0v) is 9.20. The first kappa shape index (κ1) is 11.0. The van der Waals surface area contributed by atoms with E-state index >= 15 is 0 Å². The first-order valence-corrected chi connectivity index (χ1v) is 5.50.